The van der Waals surface area contributed by atoms with Crippen LogP contribution in [-0.2, 0) is 25.4 Å². The molecule has 0 saturated heterocycles. The van der Waals surface area contributed by atoms with Crippen molar-refractivity contribution in [1.29, 1.82) is 0 Å². The average Bonchev–Trinajstić information content (AvgIpc) is 3.39. The van der Waals surface area contributed by atoms with E-state index in [1.165, 1.54) is 10.6 Å². The van der Waals surface area contributed by atoms with Crippen molar-refractivity contribution in [2.45, 2.75) is 46.6 Å². The Morgan fingerprint density at radius 1 is 0.946 bits per heavy atom. The molecule has 1 aliphatic rings. The summed E-state index contributed by atoms with van der Waals surface area (Å²) < 4.78 is 17.9. The van der Waals surface area contributed by atoms with E-state index in [-0.39, 0.29) is 18.3 Å². The predicted molar refractivity (Wildman–Crippen MR) is 145 cm³/mol. The Morgan fingerprint density at radius 3 is 2.22 bits per heavy atom. The molecular weight excluding hydrogens is 610 g/mol. The van der Waals surface area contributed by atoms with E-state index in [0.29, 0.717) is 34.2 Å². The normalized spacial score (nSPS) is 12.2. The number of nitrogens with zero attached hydrogens (tertiary/aromatic N) is 3. The maximum absolute atomic E-state index is 12.4. The summed E-state index contributed by atoms with van der Waals surface area (Å²) in [5.74, 6) is -0.839. The van der Waals surface area contributed by atoms with Gasteiger partial charge in [0.05, 0.1) is 29.9 Å². The highest BCUT2D eigenvalue weighted by atomic mass is 79.9. The van der Waals surface area contributed by atoms with E-state index in [2.05, 4.69) is 41.8 Å². The number of ether oxygens (including phenoxy) is 3. The first-order chi connectivity index (χ1) is 17.4. The number of fused-ring (bicyclic) bond motifs is 2. The van der Waals surface area contributed by atoms with Crippen LogP contribution in [0.5, 0.6) is 0 Å². The van der Waals surface area contributed by atoms with Gasteiger partial charge in [0.2, 0.25) is 0 Å². The molecule has 0 N–H and O–H groups in total. The minimum absolute atomic E-state index is 0.0942. The van der Waals surface area contributed by atoms with Crippen molar-refractivity contribution < 1.29 is 28.6 Å². The molecule has 0 spiro atoms. The highest BCUT2D eigenvalue weighted by Gasteiger charge is 2.26. The number of carbonyl (C=O) groups is 3. The third-order valence-electron chi connectivity index (χ3n) is 4.89. The van der Waals surface area contributed by atoms with Gasteiger partial charge in [0.1, 0.15) is 20.5 Å². The van der Waals surface area contributed by atoms with Crippen LogP contribution >= 0.6 is 31.9 Å². The molecule has 0 unspecified atom stereocenters. The van der Waals surface area contributed by atoms with Gasteiger partial charge in [0.25, 0.3) is 0 Å². The summed E-state index contributed by atoms with van der Waals surface area (Å²) in [6.07, 6.45) is 1.77. The van der Waals surface area contributed by atoms with Crippen LogP contribution < -0.4 is 0 Å². The van der Waals surface area contributed by atoms with Gasteiger partial charge in [-0.05, 0) is 102 Å². The van der Waals surface area contributed by atoms with Crippen LogP contribution in [0.25, 0.3) is 17.1 Å². The van der Waals surface area contributed by atoms with Crippen LogP contribution in [-0.4, -0.2) is 51.4 Å². The van der Waals surface area contributed by atoms with Crippen LogP contribution in [0.4, 0.5) is 4.79 Å². The molecule has 3 aromatic rings. The Morgan fingerprint density at radius 2 is 1.57 bits per heavy atom. The summed E-state index contributed by atoms with van der Waals surface area (Å²) >= 11 is 6.56. The van der Waals surface area contributed by atoms with E-state index in [4.69, 9.17) is 14.2 Å². The van der Waals surface area contributed by atoms with E-state index in [1.54, 1.807) is 52.8 Å². The smallest absolute Gasteiger partial charge is 0.419 e. The third-order valence-corrected chi connectivity index (χ3v) is 5.78. The molecule has 0 aliphatic heterocycles. The topological polar surface area (TPSA) is 110 Å². The molecule has 196 valence electrons. The zero-order valence-corrected chi connectivity index (χ0v) is 24.3. The number of hydrogen-bond donors (Lipinski definition) is 0. The van der Waals surface area contributed by atoms with Crippen molar-refractivity contribution in [3.8, 4) is 0 Å². The maximum atomic E-state index is 12.4. The van der Waals surface area contributed by atoms with Gasteiger partial charge in [-0.15, -0.1) is 0 Å². The van der Waals surface area contributed by atoms with Crippen molar-refractivity contribution in [2.75, 3.05) is 13.2 Å². The maximum Gasteiger partial charge on any atom is 0.419 e. The zero-order valence-electron chi connectivity index (χ0n) is 21.1. The SMILES string of the molecule is CCOC(=O)C1=Cc2nc(Br)ccc2C1.CCOC(=O)c1cc2nc(Br)ccc2n1C(=O)OC(C)(C)C. The highest BCUT2D eigenvalue weighted by Crippen LogP contribution is 2.26. The first-order valence-corrected chi connectivity index (χ1v) is 13.1. The van der Waals surface area contributed by atoms with E-state index < -0.39 is 17.7 Å². The summed E-state index contributed by atoms with van der Waals surface area (Å²) in [6.45, 7) is 9.40. The molecule has 0 atom stereocenters. The number of aromatic nitrogens is 3. The van der Waals surface area contributed by atoms with Crippen LogP contribution in [0.2, 0.25) is 0 Å². The summed E-state index contributed by atoms with van der Waals surface area (Å²) in [6, 6.07) is 8.75. The van der Waals surface area contributed by atoms with Gasteiger partial charge in [-0.3, -0.25) is 0 Å². The Kier molecular flexibility index (Phi) is 9.25. The van der Waals surface area contributed by atoms with Gasteiger partial charge < -0.3 is 14.2 Å². The number of halogens is 2. The lowest BCUT2D eigenvalue weighted by atomic mass is 10.2. The monoisotopic (exact) mass is 635 g/mol. The van der Waals surface area contributed by atoms with Crippen LogP contribution in [0.15, 0.2) is 45.1 Å². The molecule has 37 heavy (non-hydrogen) atoms. The molecule has 11 heteroatoms. The van der Waals surface area contributed by atoms with Crippen molar-refractivity contribution >= 4 is 67.0 Å². The van der Waals surface area contributed by atoms with Gasteiger partial charge in [-0.25, -0.2) is 28.9 Å². The Labute approximate surface area is 231 Å². The number of esters is 2. The first kappa shape index (κ1) is 28.5. The van der Waals surface area contributed by atoms with Gasteiger partial charge in [0.15, 0.2) is 0 Å². The molecule has 0 amide bonds. The second-order valence-corrected chi connectivity index (χ2v) is 10.5. The minimum Gasteiger partial charge on any atom is -0.463 e. The number of hydrogen-bond acceptors (Lipinski definition) is 8. The highest BCUT2D eigenvalue weighted by molar-refractivity contribution is 9.10. The van der Waals surface area contributed by atoms with Crippen LogP contribution in [0.3, 0.4) is 0 Å². The van der Waals surface area contributed by atoms with Gasteiger partial charge in [-0.1, -0.05) is 6.07 Å². The summed E-state index contributed by atoms with van der Waals surface area (Å²) in [7, 11) is 0. The second-order valence-electron chi connectivity index (χ2n) is 8.85. The molecule has 0 fully saturated rings. The van der Waals surface area contributed by atoms with Crippen LogP contribution in [0, 0.1) is 0 Å². The molecule has 3 heterocycles. The molecule has 3 aromatic heterocycles. The Hall–Kier alpha value is -3.05. The average molecular weight is 637 g/mol. The third kappa shape index (κ3) is 7.26. The summed E-state index contributed by atoms with van der Waals surface area (Å²) in [4.78, 5) is 44.5. The lowest BCUT2D eigenvalue weighted by molar-refractivity contribution is -0.138. The van der Waals surface area contributed by atoms with E-state index in [0.717, 1.165) is 15.9 Å². The zero-order chi connectivity index (χ0) is 27.3. The van der Waals surface area contributed by atoms with Crippen molar-refractivity contribution in [3.63, 3.8) is 0 Å². The summed E-state index contributed by atoms with van der Waals surface area (Å²) in [5.41, 5.74) is 3.01. The Bertz CT molecular complexity index is 1370. The Balaban J connectivity index is 0.000000220. The van der Waals surface area contributed by atoms with Gasteiger partial charge in [0, 0.05) is 12.0 Å². The van der Waals surface area contributed by atoms with Crippen molar-refractivity contribution in [2.24, 2.45) is 0 Å². The largest absolute Gasteiger partial charge is 0.463 e. The first-order valence-electron chi connectivity index (χ1n) is 11.5. The van der Waals surface area contributed by atoms with E-state index >= 15 is 0 Å². The molecule has 1 aliphatic carbocycles. The number of carbonyl (C=O) groups excluding carboxylic acids is 3. The molecule has 9 nitrogen and oxygen atoms in total. The van der Waals surface area contributed by atoms with Crippen LogP contribution in [0.1, 0.15) is 56.4 Å². The van der Waals surface area contributed by atoms with Gasteiger partial charge in [-0.2, -0.15) is 0 Å². The lowest BCUT2D eigenvalue weighted by Gasteiger charge is -2.20. The fourth-order valence-electron chi connectivity index (χ4n) is 3.45. The molecular formula is C26H27Br2N3O6. The van der Waals surface area contributed by atoms with Gasteiger partial charge >= 0.3 is 18.0 Å². The quantitative estimate of drug-likeness (QED) is 0.192. The van der Waals surface area contributed by atoms with Crippen molar-refractivity contribution in [1.82, 2.24) is 14.5 Å². The fourth-order valence-corrected chi connectivity index (χ4v) is 4.10. The second kappa shape index (κ2) is 12.0. The lowest BCUT2D eigenvalue weighted by Crippen LogP contribution is -2.29. The summed E-state index contributed by atoms with van der Waals surface area (Å²) in [5, 5.41) is 0. The van der Waals surface area contributed by atoms with Crippen molar-refractivity contribution in [3.05, 3.63) is 62.1 Å². The number of rotatable bonds is 4. The molecule has 4 rings (SSSR count). The standard InChI is InChI=1S/C15H17BrN2O4.C11H10BrNO2/c1-5-21-13(19)11-8-9-10(6-7-12(16)17-9)18(11)14(20)22-15(2,3)4;1-2-15-11(14)8-5-7-3-4-10(12)13-9(7)6-8/h6-8H,5H2,1-4H3;3-4,6H,2,5H2,1H3. The molecule has 0 bridgehead atoms. The molecule has 0 aromatic carbocycles. The fraction of sp³-hybridized carbons (Fsp3) is 0.346. The molecule has 0 saturated carbocycles. The van der Waals surface area contributed by atoms with E-state index in [1.807, 2.05) is 12.1 Å². The minimum atomic E-state index is -0.678. The predicted octanol–water partition coefficient (Wildman–Crippen LogP) is 6.11. The van der Waals surface area contributed by atoms with E-state index in [9.17, 15) is 14.4 Å². The number of pyridine rings is 2. The molecule has 0 radical (unpaired) electrons.